The molecule has 0 fully saturated rings. The highest BCUT2D eigenvalue weighted by molar-refractivity contribution is 5.75. The van der Waals surface area contributed by atoms with E-state index in [9.17, 15) is 14.9 Å². The quantitative estimate of drug-likeness (QED) is 0.621. The smallest absolute Gasteiger partial charge is 0.415 e. The fourth-order valence-electron chi connectivity index (χ4n) is 1.78. The molecule has 18 heavy (non-hydrogen) atoms. The van der Waals surface area contributed by atoms with E-state index in [4.69, 9.17) is 4.74 Å². The lowest BCUT2D eigenvalue weighted by Gasteiger charge is -2.21. The molecule has 1 amide bonds. The molecule has 1 aliphatic heterocycles. The zero-order valence-corrected chi connectivity index (χ0v) is 10.2. The third-order valence-electron chi connectivity index (χ3n) is 2.74. The molecule has 1 unspecified atom stereocenters. The van der Waals surface area contributed by atoms with E-state index >= 15 is 0 Å². The fraction of sp³-hybridized carbons (Fsp3) is 0.600. The molecular formula is C10H14N4O4. The van der Waals surface area contributed by atoms with Gasteiger partial charge in [0.15, 0.2) is 0 Å². The van der Waals surface area contributed by atoms with Gasteiger partial charge in [0, 0.05) is 11.4 Å². The average Bonchev–Trinajstić information content (AvgIpc) is 2.81. The van der Waals surface area contributed by atoms with E-state index in [1.54, 1.807) is 11.5 Å². The minimum atomic E-state index is -0.609. The van der Waals surface area contributed by atoms with Crippen molar-refractivity contribution in [2.24, 2.45) is 0 Å². The molecule has 8 heteroatoms. The highest BCUT2D eigenvalue weighted by Gasteiger charge is 2.40. The number of ether oxygens (including phenoxy) is 1. The van der Waals surface area contributed by atoms with Gasteiger partial charge in [-0.15, -0.1) is 0 Å². The van der Waals surface area contributed by atoms with Gasteiger partial charge in [0.25, 0.3) is 0 Å². The van der Waals surface area contributed by atoms with Crippen LogP contribution in [-0.2, 0) is 11.3 Å². The van der Waals surface area contributed by atoms with Gasteiger partial charge in [-0.25, -0.2) is 0 Å². The highest BCUT2D eigenvalue weighted by Crippen LogP contribution is 2.30. The van der Waals surface area contributed by atoms with Crippen molar-refractivity contribution in [2.45, 2.75) is 32.4 Å². The summed E-state index contributed by atoms with van der Waals surface area (Å²) in [5.74, 6) is -0.292. The van der Waals surface area contributed by atoms with Crippen molar-refractivity contribution in [3.05, 3.63) is 16.3 Å². The number of carbonyl (C=O) groups excluding carboxylic acids is 1. The van der Waals surface area contributed by atoms with Crippen molar-refractivity contribution in [3.8, 4) is 6.01 Å². The summed E-state index contributed by atoms with van der Waals surface area (Å²) in [6.45, 7) is 4.36. The second-order valence-corrected chi connectivity index (χ2v) is 4.45. The zero-order valence-electron chi connectivity index (χ0n) is 10.2. The van der Waals surface area contributed by atoms with Crippen LogP contribution in [0.2, 0.25) is 0 Å². The first-order chi connectivity index (χ1) is 8.43. The van der Waals surface area contributed by atoms with Gasteiger partial charge in [0.2, 0.25) is 5.91 Å². The first-order valence-electron chi connectivity index (χ1n) is 5.61. The van der Waals surface area contributed by atoms with Crippen molar-refractivity contribution in [1.29, 1.82) is 0 Å². The van der Waals surface area contributed by atoms with E-state index in [2.05, 4.69) is 10.3 Å². The lowest BCUT2D eigenvalue weighted by molar-refractivity contribution is -0.389. The van der Waals surface area contributed by atoms with E-state index < -0.39 is 10.5 Å². The molecule has 0 saturated heterocycles. The maximum absolute atomic E-state index is 11.2. The summed E-state index contributed by atoms with van der Waals surface area (Å²) in [5, 5.41) is 13.3. The number of nitro groups is 1. The summed E-state index contributed by atoms with van der Waals surface area (Å²) < 4.78 is 7.13. The van der Waals surface area contributed by atoms with Crippen molar-refractivity contribution in [1.82, 2.24) is 14.9 Å². The van der Waals surface area contributed by atoms with Crippen molar-refractivity contribution in [2.75, 3.05) is 6.54 Å². The van der Waals surface area contributed by atoms with Gasteiger partial charge in [0.05, 0.1) is 13.1 Å². The highest BCUT2D eigenvalue weighted by atomic mass is 16.6. The van der Waals surface area contributed by atoms with Crippen LogP contribution in [0.3, 0.4) is 0 Å². The first kappa shape index (κ1) is 12.3. The summed E-state index contributed by atoms with van der Waals surface area (Å²) >= 11 is 0. The van der Waals surface area contributed by atoms with Crippen LogP contribution in [0.4, 0.5) is 5.82 Å². The number of aromatic nitrogens is 2. The monoisotopic (exact) mass is 254 g/mol. The molecule has 0 saturated carbocycles. The number of hydrogen-bond acceptors (Lipinski definition) is 5. The molecule has 0 bridgehead atoms. The minimum absolute atomic E-state index is 0.0599. The van der Waals surface area contributed by atoms with Crippen LogP contribution in [-0.4, -0.2) is 32.5 Å². The maximum atomic E-state index is 11.2. The van der Waals surface area contributed by atoms with E-state index in [1.807, 2.05) is 6.92 Å². The van der Waals surface area contributed by atoms with E-state index in [0.29, 0.717) is 19.5 Å². The third kappa shape index (κ3) is 2.27. The van der Waals surface area contributed by atoms with Crippen LogP contribution in [0.15, 0.2) is 6.20 Å². The summed E-state index contributed by atoms with van der Waals surface area (Å²) in [5.41, 5.74) is -0.609. The molecule has 1 N–H and O–H groups in total. The van der Waals surface area contributed by atoms with Gasteiger partial charge in [-0.3, -0.25) is 9.36 Å². The number of nitrogens with zero attached hydrogens (tertiary/aromatic N) is 3. The van der Waals surface area contributed by atoms with Crippen molar-refractivity contribution >= 4 is 11.7 Å². The lowest BCUT2D eigenvalue weighted by Crippen LogP contribution is -2.44. The van der Waals surface area contributed by atoms with Crippen molar-refractivity contribution in [3.63, 3.8) is 0 Å². The summed E-state index contributed by atoms with van der Waals surface area (Å²) in [4.78, 5) is 24.9. The Bertz CT molecular complexity index is 473. The number of fused-ring (bicyclic) bond motifs is 1. The Balaban J connectivity index is 2.02. The normalized spacial score (nSPS) is 21.2. The molecule has 0 aromatic carbocycles. The van der Waals surface area contributed by atoms with Gasteiger partial charge >= 0.3 is 11.8 Å². The van der Waals surface area contributed by atoms with Crippen LogP contribution in [0.1, 0.15) is 20.3 Å². The number of imidazole rings is 1. The number of hydrogen-bond donors (Lipinski definition) is 1. The number of rotatable bonds is 4. The summed E-state index contributed by atoms with van der Waals surface area (Å²) in [6, 6.07) is 0.218. The molecule has 1 aliphatic rings. The predicted octanol–water partition coefficient (Wildman–Crippen LogP) is 0.469. The Morgan fingerprint density at radius 1 is 1.78 bits per heavy atom. The Hall–Kier alpha value is -2.12. The summed E-state index contributed by atoms with van der Waals surface area (Å²) in [7, 11) is 0. The summed E-state index contributed by atoms with van der Waals surface area (Å²) in [6.07, 6.45) is 1.74. The van der Waals surface area contributed by atoms with Crippen LogP contribution in [0.5, 0.6) is 6.01 Å². The predicted molar refractivity (Wildman–Crippen MR) is 61.2 cm³/mol. The SMILES string of the molecule is CCC(=O)NCC1(C)Cn2cc([N+](=O)[O-])nc2O1. The third-order valence-corrected chi connectivity index (χ3v) is 2.74. The van der Waals surface area contributed by atoms with E-state index in [1.165, 1.54) is 6.20 Å². The van der Waals surface area contributed by atoms with Gasteiger partial charge in [-0.05, 0) is 11.8 Å². The molecule has 98 valence electrons. The maximum Gasteiger partial charge on any atom is 0.415 e. The Labute approximate surface area is 103 Å². The molecule has 8 nitrogen and oxygen atoms in total. The molecular weight excluding hydrogens is 240 g/mol. The number of amides is 1. The van der Waals surface area contributed by atoms with Gasteiger partial charge in [-0.2, -0.15) is 0 Å². The van der Waals surface area contributed by atoms with E-state index in [-0.39, 0.29) is 17.7 Å². The number of carbonyl (C=O) groups is 1. The molecule has 0 aliphatic carbocycles. The van der Waals surface area contributed by atoms with Crippen LogP contribution >= 0.6 is 0 Å². The van der Waals surface area contributed by atoms with Crippen LogP contribution in [0, 0.1) is 10.1 Å². The van der Waals surface area contributed by atoms with Crippen LogP contribution < -0.4 is 10.1 Å². The van der Waals surface area contributed by atoms with Crippen molar-refractivity contribution < 1.29 is 14.5 Å². The van der Waals surface area contributed by atoms with E-state index in [0.717, 1.165) is 0 Å². The first-order valence-corrected chi connectivity index (χ1v) is 5.61. The van der Waals surface area contributed by atoms with Gasteiger partial charge in [0.1, 0.15) is 11.8 Å². The van der Waals surface area contributed by atoms with Gasteiger partial charge < -0.3 is 20.2 Å². The van der Waals surface area contributed by atoms with Gasteiger partial charge in [-0.1, -0.05) is 6.92 Å². The minimum Gasteiger partial charge on any atom is -0.436 e. The molecule has 0 radical (unpaired) electrons. The molecule has 2 rings (SSSR count). The lowest BCUT2D eigenvalue weighted by atomic mass is 10.1. The number of nitrogens with one attached hydrogen (secondary N) is 1. The molecule has 1 atom stereocenters. The Morgan fingerprint density at radius 3 is 3.06 bits per heavy atom. The molecule has 1 aromatic rings. The largest absolute Gasteiger partial charge is 0.436 e. The second-order valence-electron chi connectivity index (χ2n) is 4.45. The molecule has 2 heterocycles. The second kappa shape index (κ2) is 4.28. The molecule has 1 aromatic heterocycles. The Kier molecular flexibility index (Phi) is 2.93. The topological polar surface area (TPSA) is 99.3 Å². The Morgan fingerprint density at radius 2 is 2.50 bits per heavy atom. The average molecular weight is 254 g/mol. The molecule has 0 spiro atoms. The fourth-order valence-corrected chi connectivity index (χ4v) is 1.78. The van der Waals surface area contributed by atoms with Crippen LogP contribution in [0.25, 0.3) is 0 Å². The zero-order chi connectivity index (χ0) is 13.3. The standard InChI is InChI=1S/C10H14N4O4/c1-3-8(15)11-5-10(2)6-13-4-7(14(16)17)12-9(13)18-10/h4H,3,5-6H2,1-2H3,(H,11,15).